The Morgan fingerprint density at radius 1 is 0.960 bits per heavy atom. The van der Waals surface area contributed by atoms with Crippen LogP contribution in [0.15, 0.2) is 28.8 Å². The lowest BCUT2D eigenvalue weighted by atomic mass is 10.0. The van der Waals surface area contributed by atoms with Crippen LogP contribution in [0.3, 0.4) is 0 Å². The van der Waals surface area contributed by atoms with E-state index in [1.807, 2.05) is 0 Å². The van der Waals surface area contributed by atoms with Crippen LogP contribution in [0.25, 0.3) is 11.4 Å². The first-order chi connectivity index (χ1) is 12.4. The highest BCUT2D eigenvalue weighted by atomic mass is 16.5. The largest absolute Gasteiger partial charge is 0.339 e. The third-order valence-electron chi connectivity index (χ3n) is 5.10. The highest BCUT2D eigenvalue weighted by Crippen LogP contribution is 2.22. The van der Waals surface area contributed by atoms with Crippen molar-refractivity contribution in [3.05, 3.63) is 35.7 Å². The molecule has 0 atom stereocenters. The second-order valence-electron chi connectivity index (χ2n) is 7.23. The number of aryl methyl sites for hydroxylation is 1. The van der Waals surface area contributed by atoms with Crippen LogP contribution < -0.4 is 5.32 Å². The molecule has 4 nitrogen and oxygen atoms in total. The summed E-state index contributed by atoms with van der Waals surface area (Å²) in [5.74, 6) is 1.86. The molecule has 1 aliphatic rings. The van der Waals surface area contributed by atoms with Crippen molar-refractivity contribution >= 4 is 0 Å². The van der Waals surface area contributed by atoms with Crippen LogP contribution in [-0.2, 0) is 6.42 Å². The maximum Gasteiger partial charge on any atom is 0.232 e. The molecular formula is C21H31N3O. The standard InChI is InChI=1S/C21H31N3O/c1-2-3-4-5-6-7-8-9-10-17-11-13-18(14-12-17)20-23-21(25-24-20)19-15-22-16-19/h11-14,19,22H,2-10,15-16H2,1H3. The zero-order valence-electron chi connectivity index (χ0n) is 15.5. The Hall–Kier alpha value is -1.68. The van der Waals surface area contributed by atoms with E-state index in [0.717, 1.165) is 24.5 Å². The molecule has 0 unspecified atom stereocenters. The minimum absolute atomic E-state index is 0.391. The first kappa shape index (κ1) is 18.1. The Morgan fingerprint density at radius 3 is 2.28 bits per heavy atom. The highest BCUT2D eigenvalue weighted by Gasteiger charge is 2.25. The molecule has 0 aliphatic carbocycles. The number of aromatic nitrogens is 2. The SMILES string of the molecule is CCCCCCCCCCc1ccc(-c2noc(C3CNC3)n2)cc1. The van der Waals surface area contributed by atoms with Gasteiger partial charge in [0, 0.05) is 18.7 Å². The van der Waals surface area contributed by atoms with E-state index in [0.29, 0.717) is 11.7 Å². The van der Waals surface area contributed by atoms with Gasteiger partial charge in [0.1, 0.15) is 0 Å². The van der Waals surface area contributed by atoms with E-state index in [9.17, 15) is 0 Å². The van der Waals surface area contributed by atoms with Gasteiger partial charge in [-0.2, -0.15) is 4.98 Å². The molecule has 2 heterocycles. The van der Waals surface area contributed by atoms with Crippen LogP contribution in [0.5, 0.6) is 0 Å². The average molecular weight is 341 g/mol. The smallest absolute Gasteiger partial charge is 0.232 e. The van der Waals surface area contributed by atoms with Gasteiger partial charge < -0.3 is 9.84 Å². The summed E-state index contributed by atoms with van der Waals surface area (Å²) in [7, 11) is 0. The molecule has 1 aromatic carbocycles. The maximum absolute atomic E-state index is 5.38. The lowest BCUT2D eigenvalue weighted by molar-refractivity contribution is 0.308. The van der Waals surface area contributed by atoms with Gasteiger partial charge in [-0.15, -0.1) is 0 Å². The van der Waals surface area contributed by atoms with E-state index < -0.39 is 0 Å². The summed E-state index contributed by atoms with van der Waals surface area (Å²) in [6.45, 7) is 4.16. The van der Waals surface area contributed by atoms with E-state index in [2.05, 4.69) is 46.6 Å². The van der Waals surface area contributed by atoms with Gasteiger partial charge in [-0.3, -0.25) is 0 Å². The Labute approximate surface area is 151 Å². The number of hydrogen-bond donors (Lipinski definition) is 1. The maximum atomic E-state index is 5.38. The zero-order valence-corrected chi connectivity index (χ0v) is 15.5. The first-order valence-electron chi connectivity index (χ1n) is 10.0. The number of nitrogens with zero attached hydrogens (tertiary/aromatic N) is 2. The van der Waals surface area contributed by atoms with Crippen molar-refractivity contribution < 1.29 is 4.52 Å². The molecule has 25 heavy (non-hydrogen) atoms. The van der Waals surface area contributed by atoms with Crippen LogP contribution in [0, 0.1) is 0 Å². The minimum Gasteiger partial charge on any atom is -0.339 e. The van der Waals surface area contributed by atoms with E-state index in [-0.39, 0.29) is 0 Å². The molecule has 0 amide bonds. The lowest BCUT2D eigenvalue weighted by Crippen LogP contribution is -2.40. The summed E-state index contributed by atoms with van der Waals surface area (Å²) < 4.78 is 5.38. The van der Waals surface area contributed by atoms with Crippen molar-refractivity contribution in [2.75, 3.05) is 13.1 Å². The summed E-state index contributed by atoms with van der Waals surface area (Å²) in [6, 6.07) is 8.65. The molecule has 0 saturated carbocycles. The molecule has 1 aliphatic heterocycles. The van der Waals surface area contributed by atoms with Crippen molar-refractivity contribution in [2.24, 2.45) is 0 Å². The molecule has 1 saturated heterocycles. The van der Waals surface area contributed by atoms with Crippen molar-refractivity contribution in [3.63, 3.8) is 0 Å². The normalized spacial score (nSPS) is 14.6. The van der Waals surface area contributed by atoms with Crippen LogP contribution in [0.1, 0.15) is 75.7 Å². The average Bonchev–Trinajstić information content (AvgIpc) is 3.05. The van der Waals surface area contributed by atoms with E-state index in [1.165, 1.54) is 63.4 Å². The fraction of sp³-hybridized carbons (Fsp3) is 0.619. The Bertz CT molecular complexity index is 616. The quantitative estimate of drug-likeness (QED) is 0.577. The van der Waals surface area contributed by atoms with Gasteiger partial charge in [-0.1, -0.05) is 81.3 Å². The van der Waals surface area contributed by atoms with Gasteiger partial charge in [-0.05, 0) is 18.4 Å². The molecule has 0 bridgehead atoms. The predicted octanol–water partition coefficient (Wildman–Crippen LogP) is 5.11. The molecule has 4 heteroatoms. The monoisotopic (exact) mass is 341 g/mol. The van der Waals surface area contributed by atoms with Crippen molar-refractivity contribution in [1.29, 1.82) is 0 Å². The molecule has 1 aromatic heterocycles. The summed E-state index contributed by atoms with van der Waals surface area (Å²) >= 11 is 0. The second kappa shape index (κ2) is 9.71. The van der Waals surface area contributed by atoms with Crippen molar-refractivity contribution in [3.8, 4) is 11.4 Å². The van der Waals surface area contributed by atoms with Gasteiger partial charge in [0.15, 0.2) is 0 Å². The molecule has 0 radical (unpaired) electrons. The fourth-order valence-electron chi connectivity index (χ4n) is 3.27. The summed E-state index contributed by atoms with van der Waals surface area (Å²) in [6.07, 6.45) is 12.1. The molecule has 2 aromatic rings. The number of nitrogens with one attached hydrogen (secondary N) is 1. The molecular weight excluding hydrogens is 310 g/mol. The van der Waals surface area contributed by atoms with Gasteiger partial charge in [0.2, 0.25) is 11.7 Å². The van der Waals surface area contributed by atoms with E-state index in [4.69, 9.17) is 4.52 Å². The Balaban J connectivity index is 1.38. The van der Waals surface area contributed by atoms with Gasteiger partial charge >= 0.3 is 0 Å². The number of benzene rings is 1. The Kier molecular flexibility index (Phi) is 7.04. The predicted molar refractivity (Wildman–Crippen MR) is 102 cm³/mol. The van der Waals surface area contributed by atoms with Crippen LogP contribution in [0.4, 0.5) is 0 Å². The van der Waals surface area contributed by atoms with Gasteiger partial charge in [0.05, 0.1) is 5.92 Å². The number of hydrogen-bond acceptors (Lipinski definition) is 4. The number of unbranched alkanes of at least 4 members (excludes halogenated alkanes) is 7. The highest BCUT2D eigenvalue weighted by molar-refractivity contribution is 5.54. The van der Waals surface area contributed by atoms with Crippen LogP contribution in [-0.4, -0.2) is 23.2 Å². The van der Waals surface area contributed by atoms with Crippen LogP contribution >= 0.6 is 0 Å². The van der Waals surface area contributed by atoms with Crippen molar-refractivity contribution in [2.45, 2.75) is 70.6 Å². The number of rotatable bonds is 11. The topological polar surface area (TPSA) is 51.0 Å². The minimum atomic E-state index is 0.391. The molecule has 1 N–H and O–H groups in total. The van der Waals surface area contributed by atoms with Crippen molar-refractivity contribution in [1.82, 2.24) is 15.5 Å². The molecule has 3 rings (SSSR count). The molecule has 0 spiro atoms. The van der Waals surface area contributed by atoms with Crippen LogP contribution in [0.2, 0.25) is 0 Å². The molecule has 136 valence electrons. The first-order valence-corrected chi connectivity index (χ1v) is 10.0. The van der Waals surface area contributed by atoms with E-state index >= 15 is 0 Å². The summed E-state index contributed by atoms with van der Waals surface area (Å²) in [5, 5.41) is 7.35. The fourth-order valence-corrected chi connectivity index (χ4v) is 3.27. The molecule has 1 fully saturated rings. The summed E-state index contributed by atoms with van der Waals surface area (Å²) in [4.78, 5) is 4.53. The third-order valence-corrected chi connectivity index (χ3v) is 5.10. The van der Waals surface area contributed by atoms with Gasteiger partial charge in [0.25, 0.3) is 0 Å². The Morgan fingerprint density at radius 2 is 1.64 bits per heavy atom. The summed E-state index contributed by atoms with van der Waals surface area (Å²) in [5.41, 5.74) is 2.45. The van der Waals surface area contributed by atoms with Gasteiger partial charge in [-0.25, -0.2) is 0 Å². The zero-order chi connectivity index (χ0) is 17.3. The third kappa shape index (κ3) is 5.40. The van der Waals surface area contributed by atoms with E-state index in [1.54, 1.807) is 0 Å². The lowest BCUT2D eigenvalue weighted by Gasteiger charge is -2.22. The second-order valence-corrected chi connectivity index (χ2v) is 7.23.